The number of nitrogens with zero attached hydrogens (tertiary/aromatic N) is 3. The SMILES string of the molecule is CCN(CCc1ccccc1)C(=O)c1cc([N+](=O)[O-])ccc1N(C)C. The van der Waals surface area contributed by atoms with Crippen LogP contribution in [-0.4, -0.2) is 42.9 Å². The van der Waals surface area contributed by atoms with E-state index in [4.69, 9.17) is 0 Å². The zero-order chi connectivity index (χ0) is 18.4. The van der Waals surface area contributed by atoms with Crippen LogP contribution in [0, 0.1) is 10.1 Å². The number of hydrogen-bond donors (Lipinski definition) is 0. The van der Waals surface area contributed by atoms with E-state index in [9.17, 15) is 14.9 Å². The topological polar surface area (TPSA) is 66.7 Å². The minimum Gasteiger partial charge on any atom is -0.377 e. The van der Waals surface area contributed by atoms with Crippen LogP contribution < -0.4 is 4.90 Å². The van der Waals surface area contributed by atoms with Gasteiger partial charge in [0.2, 0.25) is 0 Å². The number of carbonyl (C=O) groups is 1. The molecule has 0 heterocycles. The molecule has 6 heteroatoms. The number of hydrogen-bond acceptors (Lipinski definition) is 4. The maximum atomic E-state index is 13.0. The zero-order valence-electron chi connectivity index (χ0n) is 14.8. The Kier molecular flexibility index (Phi) is 6.11. The summed E-state index contributed by atoms with van der Waals surface area (Å²) in [6, 6.07) is 14.4. The monoisotopic (exact) mass is 341 g/mol. The smallest absolute Gasteiger partial charge is 0.270 e. The lowest BCUT2D eigenvalue weighted by Gasteiger charge is -2.24. The fraction of sp³-hybridized carbons (Fsp3) is 0.316. The quantitative estimate of drug-likeness (QED) is 0.572. The van der Waals surface area contributed by atoms with Crippen molar-refractivity contribution in [2.75, 3.05) is 32.1 Å². The molecule has 0 saturated carbocycles. The first kappa shape index (κ1) is 18.4. The number of nitro benzene ring substituents is 1. The average Bonchev–Trinajstić information content (AvgIpc) is 2.62. The first-order valence-corrected chi connectivity index (χ1v) is 8.23. The molecule has 0 aliphatic rings. The fourth-order valence-corrected chi connectivity index (χ4v) is 2.68. The van der Waals surface area contributed by atoms with Crippen molar-refractivity contribution in [1.82, 2.24) is 4.90 Å². The molecule has 0 aromatic heterocycles. The van der Waals surface area contributed by atoms with E-state index in [1.165, 1.54) is 12.1 Å². The Balaban J connectivity index is 2.26. The Bertz CT molecular complexity index is 745. The van der Waals surface area contributed by atoms with Crippen molar-refractivity contribution in [3.05, 3.63) is 69.8 Å². The van der Waals surface area contributed by atoms with Gasteiger partial charge in [-0.1, -0.05) is 30.3 Å². The number of non-ortho nitro benzene ring substituents is 1. The molecule has 0 N–H and O–H groups in total. The van der Waals surface area contributed by atoms with Gasteiger partial charge in [-0.25, -0.2) is 0 Å². The van der Waals surface area contributed by atoms with Gasteiger partial charge in [-0.05, 0) is 25.0 Å². The second-order valence-electron chi connectivity index (χ2n) is 5.97. The first-order chi connectivity index (χ1) is 11.9. The van der Waals surface area contributed by atoms with E-state index in [0.717, 1.165) is 12.0 Å². The summed E-state index contributed by atoms with van der Waals surface area (Å²) in [5, 5.41) is 11.1. The van der Waals surface area contributed by atoms with E-state index in [-0.39, 0.29) is 11.6 Å². The number of rotatable bonds is 7. The molecule has 0 unspecified atom stereocenters. The lowest BCUT2D eigenvalue weighted by molar-refractivity contribution is -0.384. The van der Waals surface area contributed by atoms with Crippen LogP contribution in [0.5, 0.6) is 0 Å². The van der Waals surface area contributed by atoms with E-state index in [1.54, 1.807) is 15.9 Å². The molecule has 0 fully saturated rings. The minimum absolute atomic E-state index is 0.0759. The van der Waals surface area contributed by atoms with Crippen LogP contribution >= 0.6 is 0 Å². The Labute approximate surface area is 147 Å². The van der Waals surface area contributed by atoms with Crippen molar-refractivity contribution in [2.24, 2.45) is 0 Å². The minimum atomic E-state index is -0.476. The fourth-order valence-electron chi connectivity index (χ4n) is 2.68. The van der Waals surface area contributed by atoms with Gasteiger partial charge in [0, 0.05) is 45.0 Å². The summed E-state index contributed by atoms with van der Waals surface area (Å²) in [4.78, 5) is 27.1. The molecule has 0 aliphatic carbocycles. The van der Waals surface area contributed by atoms with Gasteiger partial charge in [-0.3, -0.25) is 14.9 Å². The predicted molar refractivity (Wildman–Crippen MR) is 99.1 cm³/mol. The van der Waals surface area contributed by atoms with Gasteiger partial charge in [0.05, 0.1) is 10.5 Å². The molecule has 1 amide bonds. The standard InChI is InChI=1S/C19H23N3O3/c1-4-21(13-12-15-8-6-5-7-9-15)19(23)17-14-16(22(24)25)10-11-18(17)20(2)3/h5-11,14H,4,12-13H2,1-3H3. The number of likely N-dealkylation sites (N-methyl/N-ethyl adjacent to an activating group) is 1. The van der Waals surface area contributed by atoms with E-state index < -0.39 is 4.92 Å². The number of anilines is 1. The van der Waals surface area contributed by atoms with Crippen LogP contribution in [0.2, 0.25) is 0 Å². The van der Waals surface area contributed by atoms with Gasteiger partial charge in [0.15, 0.2) is 0 Å². The van der Waals surface area contributed by atoms with Gasteiger partial charge in [0.25, 0.3) is 11.6 Å². The molecule has 0 saturated heterocycles. The van der Waals surface area contributed by atoms with E-state index in [2.05, 4.69) is 0 Å². The molecule has 132 valence electrons. The third-order valence-electron chi connectivity index (χ3n) is 4.09. The maximum absolute atomic E-state index is 13.0. The maximum Gasteiger partial charge on any atom is 0.270 e. The summed E-state index contributed by atoms with van der Waals surface area (Å²) < 4.78 is 0. The second kappa shape index (κ2) is 8.28. The number of benzene rings is 2. The van der Waals surface area contributed by atoms with Gasteiger partial charge >= 0.3 is 0 Å². The molecule has 2 aromatic rings. The molecule has 0 spiro atoms. The van der Waals surface area contributed by atoms with Crippen molar-refractivity contribution in [1.29, 1.82) is 0 Å². The van der Waals surface area contributed by atoms with Crippen molar-refractivity contribution in [2.45, 2.75) is 13.3 Å². The number of amides is 1. The van der Waals surface area contributed by atoms with Crippen LogP contribution in [0.3, 0.4) is 0 Å². The van der Waals surface area contributed by atoms with Crippen LogP contribution in [0.1, 0.15) is 22.8 Å². The molecule has 2 rings (SSSR count). The van der Waals surface area contributed by atoms with Crippen molar-refractivity contribution >= 4 is 17.3 Å². The molecule has 2 aromatic carbocycles. The lowest BCUT2D eigenvalue weighted by atomic mass is 10.1. The van der Waals surface area contributed by atoms with Gasteiger partial charge in [-0.2, -0.15) is 0 Å². The van der Waals surface area contributed by atoms with Crippen LogP contribution in [-0.2, 0) is 6.42 Å². The first-order valence-electron chi connectivity index (χ1n) is 8.23. The normalized spacial score (nSPS) is 10.4. The summed E-state index contributed by atoms with van der Waals surface area (Å²) in [5.74, 6) is -0.189. The highest BCUT2D eigenvalue weighted by Gasteiger charge is 2.22. The Morgan fingerprint density at radius 2 is 1.80 bits per heavy atom. The molecular weight excluding hydrogens is 318 g/mol. The summed E-state index contributed by atoms with van der Waals surface area (Å²) in [7, 11) is 3.64. The third-order valence-corrected chi connectivity index (χ3v) is 4.09. The van der Waals surface area contributed by atoms with Gasteiger partial charge in [-0.15, -0.1) is 0 Å². The largest absolute Gasteiger partial charge is 0.377 e. The highest BCUT2D eigenvalue weighted by atomic mass is 16.6. The highest BCUT2D eigenvalue weighted by molar-refractivity contribution is 6.00. The van der Waals surface area contributed by atoms with Crippen LogP contribution in [0.25, 0.3) is 0 Å². The van der Waals surface area contributed by atoms with Crippen molar-refractivity contribution in [3.8, 4) is 0 Å². The molecule has 0 bridgehead atoms. The zero-order valence-corrected chi connectivity index (χ0v) is 14.8. The number of carbonyl (C=O) groups excluding carboxylic acids is 1. The molecule has 25 heavy (non-hydrogen) atoms. The van der Waals surface area contributed by atoms with E-state index >= 15 is 0 Å². The van der Waals surface area contributed by atoms with Gasteiger partial charge in [0.1, 0.15) is 0 Å². The Morgan fingerprint density at radius 3 is 2.36 bits per heavy atom. The summed E-state index contributed by atoms with van der Waals surface area (Å²) >= 11 is 0. The molecule has 0 aliphatic heterocycles. The van der Waals surface area contributed by atoms with Gasteiger partial charge < -0.3 is 9.80 Å². The second-order valence-corrected chi connectivity index (χ2v) is 5.97. The Hall–Kier alpha value is -2.89. The van der Waals surface area contributed by atoms with Crippen LogP contribution in [0.15, 0.2) is 48.5 Å². The Morgan fingerprint density at radius 1 is 1.12 bits per heavy atom. The number of nitro groups is 1. The van der Waals surface area contributed by atoms with E-state index in [0.29, 0.717) is 24.3 Å². The molecule has 6 nitrogen and oxygen atoms in total. The van der Waals surface area contributed by atoms with Crippen LogP contribution in [0.4, 0.5) is 11.4 Å². The average molecular weight is 341 g/mol. The highest BCUT2D eigenvalue weighted by Crippen LogP contribution is 2.25. The third kappa shape index (κ3) is 4.56. The van der Waals surface area contributed by atoms with Crippen molar-refractivity contribution < 1.29 is 9.72 Å². The predicted octanol–water partition coefficient (Wildman–Crippen LogP) is 3.37. The molecule has 0 atom stereocenters. The lowest BCUT2D eigenvalue weighted by Crippen LogP contribution is -2.33. The molecular formula is C19H23N3O3. The van der Waals surface area contributed by atoms with Crippen molar-refractivity contribution in [3.63, 3.8) is 0 Å². The summed E-state index contributed by atoms with van der Waals surface area (Å²) in [6.07, 6.45) is 0.743. The summed E-state index contributed by atoms with van der Waals surface area (Å²) in [5.41, 5.74) is 2.11. The van der Waals surface area contributed by atoms with E-state index in [1.807, 2.05) is 51.4 Å². The molecule has 0 radical (unpaired) electrons. The summed E-state index contributed by atoms with van der Waals surface area (Å²) in [6.45, 7) is 3.02.